The van der Waals surface area contributed by atoms with E-state index in [4.69, 9.17) is 14.2 Å². The number of hydrogen-bond donors (Lipinski definition) is 2. The minimum Gasteiger partial charge on any atom is -0.385 e. The lowest BCUT2D eigenvalue weighted by atomic mass is 9.80. The second kappa shape index (κ2) is 14.5. The van der Waals surface area contributed by atoms with Crippen molar-refractivity contribution in [3.8, 4) is 0 Å². The van der Waals surface area contributed by atoms with Gasteiger partial charge >= 0.3 is 6.18 Å². The van der Waals surface area contributed by atoms with E-state index in [0.717, 1.165) is 58.5 Å². The molecule has 0 radical (unpaired) electrons. The van der Waals surface area contributed by atoms with Crippen LogP contribution in [0.15, 0.2) is 35.2 Å². The highest BCUT2D eigenvalue weighted by Gasteiger charge is 2.65. The van der Waals surface area contributed by atoms with Crippen LogP contribution in [0.1, 0.15) is 96.3 Å². The highest BCUT2D eigenvalue weighted by molar-refractivity contribution is 5.99. The van der Waals surface area contributed by atoms with Gasteiger partial charge in [0, 0.05) is 39.5 Å². The second-order valence-corrected chi connectivity index (χ2v) is 15.8. The Bertz CT molecular complexity index is 1190. The van der Waals surface area contributed by atoms with Gasteiger partial charge in [-0.1, -0.05) is 57.4 Å². The van der Waals surface area contributed by atoms with Crippen molar-refractivity contribution in [1.29, 1.82) is 0 Å². The van der Waals surface area contributed by atoms with Crippen molar-refractivity contribution in [3.63, 3.8) is 0 Å². The van der Waals surface area contributed by atoms with Crippen LogP contribution in [0.3, 0.4) is 0 Å². The van der Waals surface area contributed by atoms with Crippen LogP contribution in [0, 0.1) is 11.8 Å². The molecule has 3 aliphatic heterocycles. The lowest BCUT2D eigenvalue weighted by Gasteiger charge is -2.44. The summed E-state index contributed by atoms with van der Waals surface area (Å²) in [6.45, 7) is 2.22. The number of carbonyl (C=O) groups excluding carboxylic acids is 1. The van der Waals surface area contributed by atoms with Crippen LogP contribution in [0.2, 0.25) is 0 Å². The Morgan fingerprint density at radius 3 is 1.75 bits per heavy atom. The summed E-state index contributed by atoms with van der Waals surface area (Å²) in [4.78, 5) is 17.0. The van der Waals surface area contributed by atoms with Gasteiger partial charge in [-0.3, -0.25) is 9.28 Å². The van der Waals surface area contributed by atoms with Gasteiger partial charge in [0.25, 0.3) is 5.91 Å². The molecule has 48 heavy (non-hydrogen) atoms. The van der Waals surface area contributed by atoms with Gasteiger partial charge < -0.3 is 29.3 Å². The molecular formula is C37H56F3N2O6+. The summed E-state index contributed by atoms with van der Waals surface area (Å²) in [5.41, 5.74) is -4.55. The molecule has 1 amide bonds. The number of nitrogens with zero attached hydrogens (tertiary/aromatic N) is 2. The summed E-state index contributed by atoms with van der Waals surface area (Å²) in [5.74, 6) is 0.283. The second-order valence-electron chi connectivity index (χ2n) is 15.8. The Morgan fingerprint density at radius 2 is 1.35 bits per heavy atom. The van der Waals surface area contributed by atoms with E-state index in [-0.39, 0.29) is 73.9 Å². The van der Waals surface area contributed by atoms with Crippen molar-refractivity contribution in [3.05, 3.63) is 35.2 Å². The molecule has 0 bridgehead atoms. The van der Waals surface area contributed by atoms with E-state index < -0.39 is 29.4 Å². The average Bonchev–Trinajstić information content (AvgIpc) is 3.25. The molecule has 0 aromatic heterocycles. The Kier molecular flexibility index (Phi) is 10.9. The summed E-state index contributed by atoms with van der Waals surface area (Å²) in [7, 11) is 1.09. The third-order valence-electron chi connectivity index (χ3n) is 12.1. The quantitative estimate of drug-likeness (QED) is 0.196. The van der Waals surface area contributed by atoms with Crippen molar-refractivity contribution < 1.29 is 46.9 Å². The normalized spacial score (nSPS) is 28.9. The molecule has 2 N–H and O–H groups in total. The number of halogens is 3. The number of hydrogen-bond acceptors (Lipinski definition) is 6. The van der Waals surface area contributed by atoms with Gasteiger partial charge in [0.2, 0.25) is 0 Å². The Hall–Kier alpha value is -1.76. The molecule has 6 aliphatic rings. The summed E-state index contributed by atoms with van der Waals surface area (Å²) in [6, 6.07) is 0. The van der Waals surface area contributed by atoms with E-state index in [1.54, 1.807) is 12.3 Å². The van der Waals surface area contributed by atoms with Gasteiger partial charge in [0.15, 0.2) is 5.60 Å². The molecule has 4 fully saturated rings. The Labute approximate surface area is 283 Å². The molecule has 3 heterocycles. The van der Waals surface area contributed by atoms with Crippen LogP contribution in [0.25, 0.3) is 0 Å². The maximum absolute atomic E-state index is 15.4. The first-order valence-electron chi connectivity index (χ1n) is 18.4. The molecule has 3 aliphatic carbocycles. The predicted octanol–water partition coefficient (Wildman–Crippen LogP) is 5.93. The average molecular weight is 682 g/mol. The molecule has 1 atom stereocenters. The van der Waals surface area contributed by atoms with Crippen LogP contribution < -0.4 is 0 Å². The highest BCUT2D eigenvalue weighted by Crippen LogP contribution is 2.53. The molecule has 0 aromatic carbocycles. The topological polar surface area (TPSA) is 88.5 Å². The number of carbonyl (C=O) groups is 1. The monoisotopic (exact) mass is 681 g/mol. The number of methoxy groups -OCH3 is 1. The van der Waals surface area contributed by atoms with Crippen LogP contribution >= 0.6 is 0 Å². The summed E-state index contributed by atoms with van der Waals surface area (Å²) in [6.07, 6.45) is 13.5. The molecule has 0 aromatic rings. The van der Waals surface area contributed by atoms with Gasteiger partial charge in [-0.25, -0.2) is 0 Å². The fourth-order valence-electron chi connectivity index (χ4n) is 8.95. The van der Waals surface area contributed by atoms with Gasteiger partial charge in [-0.15, -0.1) is 0 Å². The predicted molar refractivity (Wildman–Crippen MR) is 174 cm³/mol. The fraction of sp³-hybridized carbons (Fsp3) is 0.811. The summed E-state index contributed by atoms with van der Waals surface area (Å²) >= 11 is 0. The zero-order valence-electron chi connectivity index (χ0n) is 28.7. The van der Waals surface area contributed by atoms with Crippen molar-refractivity contribution in [2.75, 3.05) is 59.7 Å². The maximum atomic E-state index is 15.4. The summed E-state index contributed by atoms with van der Waals surface area (Å²) < 4.78 is 62.1. The Morgan fingerprint density at radius 1 is 0.875 bits per heavy atom. The van der Waals surface area contributed by atoms with Crippen molar-refractivity contribution in [2.45, 2.75) is 119 Å². The first-order valence-corrected chi connectivity index (χ1v) is 18.4. The standard InChI is InChI=1S/C37H56F3N2O6/c1-46-36(37(38,39)40)16-10-15-31-32(36)30(23-42(31,19-17-34(44)24-47-25-34)20-18-35(45)26-48-27-35)33(43)41(21-28-11-6-2-3-7-12-28)22-29-13-8-4-5-9-14-29/h10,15,23,28-29,44-45H,2-9,11-14,16-22,24-27H2,1H3/q+1. The van der Waals surface area contributed by atoms with Gasteiger partial charge in [0.1, 0.15) is 28.7 Å². The lowest BCUT2D eigenvalue weighted by Crippen LogP contribution is -2.57. The van der Waals surface area contributed by atoms with Gasteiger partial charge in [0.05, 0.1) is 45.1 Å². The molecule has 6 rings (SSSR count). The minimum absolute atomic E-state index is 0.0597. The largest absolute Gasteiger partial charge is 0.422 e. The zero-order chi connectivity index (χ0) is 34.0. The minimum atomic E-state index is -4.79. The SMILES string of the molecule is COC1(C(F)(F)F)CC=CC2=C1C(C(=O)N(CC1CCCCCC1)CC1CCCCCC1)=C[N+]2(CCC1(O)COC1)CCC1(O)COC1. The fourth-order valence-corrected chi connectivity index (χ4v) is 8.95. The molecule has 0 spiro atoms. The Balaban J connectivity index is 1.43. The van der Waals surface area contributed by atoms with E-state index in [2.05, 4.69) is 0 Å². The molecule has 2 saturated carbocycles. The highest BCUT2D eigenvalue weighted by atomic mass is 19.4. The number of rotatable bonds is 12. The molecule has 270 valence electrons. The van der Waals surface area contributed by atoms with E-state index in [1.165, 1.54) is 31.8 Å². The van der Waals surface area contributed by atoms with Crippen molar-refractivity contribution in [2.24, 2.45) is 11.8 Å². The molecule has 11 heteroatoms. The number of aliphatic hydroxyl groups is 2. The van der Waals surface area contributed by atoms with E-state index in [0.29, 0.717) is 30.6 Å². The van der Waals surface area contributed by atoms with Crippen molar-refractivity contribution in [1.82, 2.24) is 4.90 Å². The maximum Gasteiger partial charge on any atom is 0.422 e. The number of allylic oxidation sites excluding steroid dienone is 1. The van der Waals surface area contributed by atoms with Gasteiger partial charge in [-0.2, -0.15) is 13.2 Å². The lowest BCUT2D eigenvalue weighted by molar-refractivity contribution is -0.839. The van der Waals surface area contributed by atoms with E-state index in [1.807, 2.05) is 4.90 Å². The third-order valence-corrected chi connectivity index (χ3v) is 12.1. The molecule has 1 unspecified atom stereocenters. The van der Waals surface area contributed by atoms with E-state index >= 15 is 18.0 Å². The van der Waals surface area contributed by atoms with Gasteiger partial charge in [-0.05, 0) is 43.6 Å². The van der Waals surface area contributed by atoms with Crippen molar-refractivity contribution >= 4 is 5.91 Å². The van der Waals surface area contributed by atoms with Crippen LogP contribution in [-0.2, 0) is 19.0 Å². The number of quaternary nitrogens is 1. The smallest absolute Gasteiger partial charge is 0.385 e. The molecule has 2 saturated heterocycles. The van der Waals surface area contributed by atoms with Crippen LogP contribution in [0.5, 0.6) is 0 Å². The van der Waals surface area contributed by atoms with E-state index in [9.17, 15) is 10.2 Å². The summed E-state index contributed by atoms with van der Waals surface area (Å²) in [5, 5.41) is 22.2. The number of amides is 1. The zero-order valence-corrected chi connectivity index (χ0v) is 28.7. The third kappa shape index (κ3) is 7.33. The van der Waals surface area contributed by atoms with Crippen LogP contribution in [0.4, 0.5) is 13.2 Å². The van der Waals surface area contributed by atoms with Crippen LogP contribution in [-0.4, -0.2) is 108 Å². The first kappa shape index (κ1) is 36.0. The number of alkyl halides is 3. The molecular weight excluding hydrogens is 625 g/mol. The number of ether oxygens (including phenoxy) is 3. The first-order chi connectivity index (χ1) is 22.9. The molecule has 8 nitrogen and oxygen atoms in total.